The Kier molecular flexibility index (Phi) is 8.72. The van der Waals surface area contributed by atoms with Gasteiger partial charge in [-0.3, -0.25) is 0 Å². The van der Waals surface area contributed by atoms with E-state index in [1.54, 1.807) is 0 Å². The Morgan fingerprint density at radius 1 is 1.04 bits per heavy atom. The van der Waals surface area contributed by atoms with Gasteiger partial charge in [0, 0.05) is 17.4 Å². The lowest BCUT2D eigenvalue weighted by atomic mass is 10.1. The van der Waals surface area contributed by atoms with Gasteiger partial charge in [-0.25, -0.2) is 4.98 Å². The summed E-state index contributed by atoms with van der Waals surface area (Å²) >= 11 is 6.27. The van der Waals surface area contributed by atoms with Crippen LogP contribution >= 0.6 is 24.0 Å². The van der Waals surface area contributed by atoms with Gasteiger partial charge in [0.25, 0.3) is 0 Å². The third-order valence-electron chi connectivity index (χ3n) is 4.50. The summed E-state index contributed by atoms with van der Waals surface area (Å²) in [6.45, 7) is 12.6. The molecule has 0 bridgehead atoms. The van der Waals surface area contributed by atoms with Crippen molar-refractivity contribution < 1.29 is 4.74 Å². The van der Waals surface area contributed by atoms with Crippen molar-refractivity contribution in [3.63, 3.8) is 0 Å². The van der Waals surface area contributed by atoms with Crippen LogP contribution in [0, 0.1) is 27.7 Å². The molecule has 0 aliphatic carbocycles. The third-order valence-corrected chi connectivity index (χ3v) is 4.76. The van der Waals surface area contributed by atoms with E-state index in [1.807, 2.05) is 6.92 Å². The Hall–Kier alpha value is -1.45. The first-order valence-electron chi connectivity index (χ1n) is 8.98. The Morgan fingerprint density at radius 3 is 2.12 bits per heavy atom. The molecule has 1 heterocycles. The standard InChI is InChI=1S/C21H29ClN2O.ClH/c1-7-17(8-2)24-19-11-16(6)23-21(18(19)12-22)25-20-14(4)9-13(3)10-15(20)5;/h9-11,17H,7-8,12H2,1-6H3,(H,23,24);1H. The number of anilines is 1. The van der Waals surface area contributed by atoms with Crippen molar-refractivity contribution in [2.75, 3.05) is 5.32 Å². The normalized spacial score (nSPS) is 10.6. The van der Waals surface area contributed by atoms with Gasteiger partial charge < -0.3 is 10.1 Å². The first-order chi connectivity index (χ1) is 11.9. The van der Waals surface area contributed by atoms with E-state index in [4.69, 9.17) is 16.3 Å². The zero-order valence-corrected chi connectivity index (χ0v) is 18.1. The maximum atomic E-state index is 6.27. The number of alkyl halides is 1. The number of hydrogen-bond donors (Lipinski definition) is 1. The molecule has 0 fully saturated rings. The summed E-state index contributed by atoms with van der Waals surface area (Å²) in [7, 11) is 0. The summed E-state index contributed by atoms with van der Waals surface area (Å²) in [6, 6.07) is 6.72. The van der Waals surface area contributed by atoms with Crippen LogP contribution < -0.4 is 10.1 Å². The highest BCUT2D eigenvalue weighted by atomic mass is 35.5. The van der Waals surface area contributed by atoms with Crippen LogP contribution in [0.15, 0.2) is 18.2 Å². The second-order valence-corrected chi connectivity index (χ2v) is 6.98. The second kappa shape index (κ2) is 10.0. The van der Waals surface area contributed by atoms with E-state index in [1.165, 1.54) is 5.56 Å². The van der Waals surface area contributed by atoms with Gasteiger partial charge in [0.2, 0.25) is 5.88 Å². The molecular weight excluding hydrogens is 367 g/mol. The summed E-state index contributed by atoms with van der Waals surface area (Å²) in [5.74, 6) is 1.82. The monoisotopic (exact) mass is 396 g/mol. The molecule has 5 heteroatoms. The van der Waals surface area contributed by atoms with E-state index >= 15 is 0 Å². The topological polar surface area (TPSA) is 34.2 Å². The molecule has 3 nitrogen and oxygen atoms in total. The average Bonchev–Trinajstić information content (AvgIpc) is 2.55. The van der Waals surface area contributed by atoms with E-state index in [-0.39, 0.29) is 12.4 Å². The lowest BCUT2D eigenvalue weighted by molar-refractivity contribution is 0.450. The summed E-state index contributed by atoms with van der Waals surface area (Å²) in [5, 5.41) is 3.60. The van der Waals surface area contributed by atoms with Crippen molar-refractivity contribution in [2.45, 2.75) is 66.3 Å². The molecule has 0 amide bonds. The predicted octanol–water partition coefficient (Wildman–Crippen LogP) is 6.87. The van der Waals surface area contributed by atoms with Crippen molar-refractivity contribution in [2.24, 2.45) is 0 Å². The number of halogens is 2. The van der Waals surface area contributed by atoms with E-state index in [0.717, 1.165) is 46.7 Å². The number of pyridine rings is 1. The number of benzene rings is 1. The molecule has 26 heavy (non-hydrogen) atoms. The van der Waals surface area contributed by atoms with Gasteiger partial charge in [0.1, 0.15) is 5.75 Å². The third kappa shape index (κ3) is 5.28. The van der Waals surface area contributed by atoms with Crippen LogP contribution in [0.3, 0.4) is 0 Å². The molecule has 0 unspecified atom stereocenters. The quantitative estimate of drug-likeness (QED) is 0.518. The summed E-state index contributed by atoms with van der Waals surface area (Å²) < 4.78 is 6.25. The lowest BCUT2D eigenvalue weighted by Crippen LogP contribution is -2.18. The molecular formula is C21H30Cl2N2O. The van der Waals surface area contributed by atoms with Gasteiger partial charge >= 0.3 is 0 Å². The van der Waals surface area contributed by atoms with Crippen LogP contribution in [-0.2, 0) is 5.88 Å². The fourth-order valence-electron chi connectivity index (χ4n) is 3.15. The highest BCUT2D eigenvalue weighted by molar-refractivity contribution is 6.17. The van der Waals surface area contributed by atoms with Crippen LogP contribution in [0.25, 0.3) is 0 Å². The number of aryl methyl sites for hydroxylation is 4. The van der Waals surface area contributed by atoms with Crippen LogP contribution in [0.4, 0.5) is 5.69 Å². The molecule has 0 saturated carbocycles. The molecule has 0 atom stereocenters. The number of nitrogens with one attached hydrogen (secondary N) is 1. The molecule has 0 saturated heterocycles. The van der Waals surface area contributed by atoms with Crippen molar-refractivity contribution in [1.82, 2.24) is 4.98 Å². The number of rotatable bonds is 7. The van der Waals surface area contributed by atoms with Gasteiger partial charge in [-0.05, 0) is 57.7 Å². The molecule has 0 aliphatic rings. The molecule has 2 aromatic rings. The van der Waals surface area contributed by atoms with Gasteiger partial charge in [-0.15, -0.1) is 24.0 Å². The van der Waals surface area contributed by atoms with E-state index in [0.29, 0.717) is 17.8 Å². The minimum atomic E-state index is 0. The Labute approximate surface area is 168 Å². The van der Waals surface area contributed by atoms with Crippen LogP contribution in [0.2, 0.25) is 0 Å². The van der Waals surface area contributed by atoms with Crippen molar-refractivity contribution in [3.8, 4) is 11.6 Å². The average molecular weight is 397 g/mol. The first kappa shape index (κ1) is 22.6. The van der Waals surface area contributed by atoms with Gasteiger partial charge in [-0.1, -0.05) is 31.5 Å². The number of aromatic nitrogens is 1. The summed E-state index contributed by atoms with van der Waals surface area (Å²) in [6.07, 6.45) is 2.12. The van der Waals surface area contributed by atoms with E-state index < -0.39 is 0 Å². The minimum absolute atomic E-state index is 0. The molecule has 0 spiro atoms. The Bertz CT molecular complexity index is 720. The molecule has 144 valence electrons. The molecule has 1 N–H and O–H groups in total. The largest absolute Gasteiger partial charge is 0.438 e. The lowest BCUT2D eigenvalue weighted by Gasteiger charge is -2.21. The van der Waals surface area contributed by atoms with E-state index in [2.05, 4.69) is 63.1 Å². The second-order valence-electron chi connectivity index (χ2n) is 6.72. The maximum Gasteiger partial charge on any atom is 0.225 e. The predicted molar refractivity (Wildman–Crippen MR) is 114 cm³/mol. The van der Waals surface area contributed by atoms with Crippen LogP contribution in [-0.4, -0.2) is 11.0 Å². The molecule has 0 aliphatic heterocycles. The van der Waals surface area contributed by atoms with Crippen molar-refractivity contribution >= 4 is 29.7 Å². The Morgan fingerprint density at radius 2 is 1.62 bits per heavy atom. The van der Waals surface area contributed by atoms with Gasteiger partial charge in [0.05, 0.1) is 11.4 Å². The van der Waals surface area contributed by atoms with Gasteiger partial charge in [-0.2, -0.15) is 0 Å². The van der Waals surface area contributed by atoms with E-state index in [9.17, 15) is 0 Å². The number of nitrogens with zero attached hydrogens (tertiary/aromatic N) is 1. The zero-order chi connectivity index (χ0) is 18.6. The minimum Gasteiger partial charge on any atom is -0.438 e. The SMILES string of the molecule is CCC(CC)Nc1cc(C)nc(Oc2c(C)cc(C)cc2C)c1CCl.Cl. The zero-order valence-electron chi connectivity index (χ0n) is 16.6. The fraction of sp³-hybridized carbons (Fsp3) is 0.476. The number of ether oxygens (including phenoxy) is 1. The smallest absolute Gasteiger partial charge is 0.225 e. The van der Waals surface area contributed by atoms with Crippen molar-refractivity contribution in [3.05, 3.63) is 46.1 Å². The maximum absolute atomic E-state index is 6.27. The van der Waals surface area contributed by atoms with Gasteiger partial charge in [0.15, 0.2) is 0 Å². The van der Waals surface area contributed by atoms with Crippen LogP contribution in [0.5, 0.6) is 11.6 Å². The highest BCUT2D eigenvalue weighted by Crippen LogP contribution is 2.35. The van der Waals surface area contributed by atoms with Crippen LogP contribution in [0.1, 0.15) is 54.6 Å². The summed E-state index contributed by atoms with van der Waals surface area (Å²) in [4.78, 5) is 4.62. The first-order valence-corrected chi connectivity index (χ1v) is 9.51. The molecule has 1 aromatic heterocycles. The highest BCUT2D eigenvalue weighted by Gasteiger charge is 2.17. The van der Waals surface area contributed by atoms with Crippen molar-refractivity contribution in [1.29, 1.82) is 0 Å². The fourth-order valence-corrected chi connectivity index (χ4v) is 3.41. The Balaban J connectivity index is 0.00000338. The molecule has 2 rings (SSSR count). The molecule has 0 radical (unpaired) electrons. The molecule has 1 aromatic carbocycles. The number of hydrogen-bond acceptors (Lipinski definition) is 3. The summed E-state index contributed by atoms with van der Waals surface area (Å²) in [5.41, 5.74) is 6.30.